The van der Waals surface area contributed by atoms with Crippen molar-refractivity contribution in [2.75, 3.05) is 5.32 Å². The van der Waals surface area contributed by atoms with Gasteiger partial charge in [0.05, 0.1) is 16.3 Å². The van der Waals surface area contributed by atoms with E-state index >= 15 is 0 Å². The SMILES string of the molecule is C[C@H](OC(=O)c1cc(Cl)ccc1F)C(=O)Nc1ccccc1Cl. The van der Waals surface area contributed by atoms with Gasteiger partial charge in [-0.1, -0.05) is 35.3 Å². The molecule has 2 aromatic rings. The van der Waals surface area contributed by atoms with E-state index in [-0.39, 0.29) is 10.6 Å². The summed E-state index contributed by atoms with van der Waals surface area (Å²) in [5, 5.41) is 3.06. The predicted octanol–water partition coefficient (Wildman–Crippen LogP) is 4.32. The summed E-state index contributed by atoms with van der Waals surface area (Å²) in [4.78, 5) is 23.9. The lowest BCUT2D eigenvalue weighted by Crippen LogP contribution is -2.30. The predicted molar refractivity (Wildman–Crippen MR) is 86.4 cm³/mol. The molecule has 2 aromatic carbocycles. The molecule has 0 aliphatic heterocycles. The average molecular weight is 356 g/mol. The van der Waals surface area contributed by atoms with Crippen LogP contribution < -0.4 is 5.32 Å². The van der Waals surface area contributed by atoms with Gasteiger partial charge in [-0.2, -0.15) is 0 Å². The molecule has 0 radical (unpaired) electrons. The van der Waals surface area contributed by atoms with Crippen LogP contribution in [0.4, 0.5) is 10.1 Å². The van der Waals surface area contributed by atoms with Gasteiger partial charge in [-0.15, -0.1) is 0 Å². The largest absolute Gasteiger partial charge is 0.449 e. The molecule has 0 fully saturated rings. The third-order valence-electron chi connectivity index (χ3n) is 2.93. The lowest BCUT2D eigenvalue weighted by atomic mass is 10.2. The Kier molecular flexibility index (Phi) is 5.58. The van der Waals surface area contributed by atoms with Crippen LogP contribution in [0.3, 0.4) is 0 Å². The molecule has 1 N–H and O–H groups in total. The third kappa shape index (κ3) is 4.43. The maximum atomic E-state index is 13.6. The van der Waals surface area contributed by atoms with Gasteiger partial charge >= 0.3 is 5.97 Å². The number of anilines is 1. The Bertz CT molecular complexity index is 752. The van der Waals surface area contributed by atoms with E-state index in [0.717, 1.165) is 12.1 Å². The van der Waals surface area contributed by atoms with Crippen LogP contribution in [0.1, 0.15) is 17.3 Å². The Morgan fingerprint density at radius 3 is 2.57 bits per heavy atom. The van der Waals surface area contributed by atoms with Crippen molar-refractivity contribution < 1.29 is 18.7 Å². The summed E-state index contributed by atoms with van der Waals surface area (Å²) >= 11 is 11.6. The minimum atomic E-state index is -1.14. The molecule has 0 aliphatic carbocycles. The molecule has 1 amide bonds. The van der Waals surface area contributed by atoms with Gasteiger partial charge < -0.3 is 10.1 Å². The van der Waals surface area contributed by atoms with E-state index < -0.39 is 23.8 Å². The van der Waals surface area contributed by atoms with Crippen molar-refractivity contribution >= 4 is 40.8 Å². The number of ether oxygens (including phenoxy) is 1. The highest BCUT2D eigenvalue weighted by Crippen LogP contribution is 2.21. The molecule has 4 nitrogen and oxygen atoms in total. The zero-order valence-electron chi connectivity index (χ0n) is 12.0. The molecule has 0 saturated carbocycles. The Balaban J connectivity index is 2.05. The summed E-state index contributed by atoms with van der Waals surface area (Å²) in [7, 11) is 0. The van der Waals surface area contributed by atoms with Gasteiger partial charge in [0.1, 0.15) is 5.82 Å². The maximum Gasteiger partial charge on any atom is 0.341 e. The van der Waals surface area contributed by atoms with E-state index in [1.54, 1.807) is 24.3 Å². The van der Waals surface area contributed by atoms with Crippen LogP contribution >= 0.6 is 23.2 Å². The minimum Gasteiger partial charge on any atom is -0.449 e. The van der Waals surface area contributed by atoms with Gasteiger partial charge in [0.25, 0.3) is 5.91 Å². The van der Waals surface area contributed by atoms with Crippen LogP contribution in [0.5, 0.6) is 0 Å². The van der Waals surface area contributed by atoms with E-state index in [2.05, 4.69) is 5.32 Å². The van der Waals surface area contributed by atoms with Gasteiger partial charge in [-0.05, 0) is 37.3 Å². The number of hydrogen-bond acceptors (Lipinski definition) is 3. The monoisotopic (exact) mass is 355 g/mol. The van der Waals surface area contributed by atoms with Crippen molar-refractivity contribution in [3.8, 4) is 0 Å². The fourth-order valence-corrected chi connectivity index (χ4v) is 2.08. The fraction of sp³-hybridized carbons (Fsp3) is 0.125. The number of carbonyl (C=O) groups excluding carboxylic acids is 2. The first kappa shape index (κ1) is 17.2. The molecular formula is C16H12Cl2FNO3. The second-order valence-corrected chi connectivity index (χ2v) is 5.48. The van der Waals surface area contributed by atoms with Crippen LogP contribution in [0.25, 0.3) is 0 Å². The van der Waals surface area contributed by atoms with Crippen molar-refractivity contribution in [1.29, 1.82) is 0 Å². The molecular weight excluding hydrogens is 344 g/mol. The van der Waals surface area contributed by atoms with Crippen molar-refractivity contribution in [1.82, 2.24) is 0 Å². The highest BCUT2D eigenvalue weighted by molar-refractivity contribution is 6.33. The molecule has 0 bridgehead atoms. The van der Waals surface area contributed by atoms with E-state index in [9.17, 15) is 14.0 Å². The molecule has 0 unspecified atom stereocenters. The van der Waals surface area contributed by atoms with Crippen LogP contribution in [-0.2, 0) is 9.53 Å². The molecule has 120 valence electrons. The van der Waals surface area contributed by atoms with Crippen molar-refractivity contribution in [2.45, 2.75) is 13.0 Å². The number of para-hydroxylation sites is 1. The molecule has 7 heteroatoms. The molecule has 23 heavy (non-hydrogen) atoms. The third-order valence-corrected chi connectivity index (χ3v) is 3.50. The van der Waals surface area contributed by atoms with E-state index in [1.807, 2.05) is 0 Å². The second kappa shape index (κ2) is 7.44. The summed E-state index contributed by atoms with van der Waals surface area (Å²) in [6.45, 7) is 1.37. The van der Waals surface area contributed by atoms with Gasteiger partial charge in [0.15, 0.2) is 6.10 Å². The van der Waals surface area contributed by atoms with Crippen molar-refractivity contribution in [3.63, 3.8) is 0 Å². The van der Waals surface area contributed by atoms with Gasteiger partial charge in [0, 0.05) is 5.02 Å². The standard InChI is InChI=1S/C16H12Cl2FNO3/c1-9(15(21)20-14-5-3-2-4-12(14)18)23-16(22)11-8-10(17)6-7-13(11)19/h2-9H,1H3,(H,20,21)/t9-/m0/s1. The highest BCUT2D eigenvalue weighted by atomic mass is 35.5. The molecule has 1 atom stereocenters. The van der Waals surface area contributed by atoms with Gasteiger partial charge in [0.2, 0.25) is 0 Å². The van der Waals surface area contributed by atoms with Crippen molar-refractivity contribution in [2.24, 2.45) is 0 Å². The lowest BCUT2D eigenvalue weighted by molar-refractivity contribution is -0.123. The number of amides is 1. The summed E-state index contributed by atoms with van der Waals surface area (Å²) < 4.78 is 18.5. The number of nitrogens with one attached hydrogen (secondary N) is 1. The molecule has 0 saturated heterocycles. The van der Waals surface area contributed by atoms with Gasteiger partial charge in [-0.3, -0.25) is 4.79 Å². The number of hydrogen-bond donors (Lipinski definition) is 1. The van der Waals surface area contributed by atoms with Gasteiger partial charge in [-0.25, -0.2) is 9.18 Å². The molecule has 0 heterocycles. The first-order valence-corrected chi connectivity index (χ1v) is 7.35. The number of rotatable bonds is 4. The lowest BCUT2D eigenvalue weighted by Gasteiger charge is -2.14. The quantitative estimate of drug-likeness (QED) is 0.831. The van der Waals surface area contributed by atoms with Crippen LogP contribution in [-0.4, -0.2) is 18.0 Å². The van der Waals surface area contributed by atoms with Crippen molar-refractivity contribution in [3.05, 3.63) is 63.9 Å². The number of halogens is 3. The molecule has 0 aliphatic rings. The molecule has 2 rings (SSSR count). The number of esters is 1. The zero-order valence-corrected chi connectivity index (χ0v) is 13.5. The minimum absolute atomic E-state index is 0.187. The number of carbonyl (C=O) groups is 2. The number of benzene rings is 2. The normalized spacial score (nSPS) is 11.7. The first-order valence-electron chi connectivity index (χ1n) is 6.60. The summed E-state index contributed by atoms with van der Waals surface area (Å²) in [6.07, 6.45) is -1.14. The summed E-state index contributed by atoms with van der Waals surface area (Å²) in [5.74, 6) is -2.35. The van der Waals surface area contributed by atoms with E-state index in [4.69, 9.17) is 27.9 Å². The zero-order chi connectivity index (χ0) is 17.0. The molecule has 0 spiro atoms. The average Bonchev–Trinajstić information content (AvgIpc) is 2.51. The maximum absolute atomic E-state index is 13.6. The van der Waals surface area contributed by atoms with E-state index in [0.29, 0.717) is 10.7 Å². The Hall–Kier alpha value is -2.11. The van der Waals surface area contributed by atoms with Crippen LogP contribution in [0, 0.1) is 5.82 Å². The summed E-state index contributed by atoms with van der Waals surface area (Å²) in [6, 6.07) is 10.1. The highest BCUT2D eigenvalue weighted by Gasteiger charge is 2.22. The summed E-state index contributed by atoms with van der Waals surface area (Å²) in [5.41, 5.74) is 0.0471. The second-order valence-electron chi connectivity index (χ2n) is 4.64. The Morgan fingerprint density at radius 1 is 1.17 bits per heavy atom. The Labute approximate surface area is 142 Å². The molecule has 0 aromatic heterocycles. The van der Waals surface area contributed by atoms with Crippen LogP contribution in [0.2, 0.25) is 10.0 Å². The van der Waals surface area contributed by atoms with Crippen LogP contribution in [0.15, 0.2) is 42.5 Å². The fourth-order valence-electron chi connectivity index (χ4n) is 1.73. The topological polar surface area (TPSA) is 55.4 Å². The first-order chi connectivity index (χ1) is 10.9. The van der Waals surface area contributed by atoms with E-state index in [1.165, 1.54) is 13.0 Å². The Morgan fingerprint density at radius 2 is 1.87 bits per heavy atom. The smallest absolute Gasteiger partial charge is 0.341 e.